The first-order valence-corrected chi connectivity index (χ1v) is 6.19. The summed E-state index contributed by atoms with van der Waals surface area (Å²) >= 11 is 12.1. The van der Waals surface area contributed by atoms with Gasteiger partial charge in [0.25, 0.3) is 0 Å². The van der Waals surface area contributed by atoms with Crippen LogP contribution in [-0.4, -0.2) is 21.2 Å². The van der Waals surface area contributed by atoms with Gasteiger partial charge in [-0.25, -0.2) is 0 Å². The number of aromatic amines is 1. The fourth-order valence-corrected chi connectivity index (χ4v) is 2.21. The molecule has 1 atom stereocenters. The Morgan fingerprint density at radius 2 is 2.21 bits per heavy atom. The zero-order valence-corrected chi connectivity index (χ0v) is 11.5. The summed E-state index contributed by atoms with van der Waals surface area (Å²) in [4.78, 5) is 11.3. The van der Waals surface area contributed by atoms with Crippen LogP contribution in [0.1, 0.15) is 24.1 Å². The smallest absolute Gasteiger partial charge is 0.217 e. The molecule has 1 unspecified atom stereocenters. The van der Waals surface area contributed by atoms with Gasteiger partial charge >= 0.3 is 0 Å². The molecule has 2 aromatic rings. The first kappa shape index (κ1) is 13.7. The maximum atomic E-state index is 11.3. The van der Waals surface area contributed by atoms with Crippen LogP contribution in [0.5, 0.6) is 5.75 Å². The first-order chi connectivity index (χ1) is 9.00. The molecule has 3 N–H and O–H groups in total. The van der Waals surface area contributed by atoms with E-state index in [2.05, 4.69) is 15.5 Å². The van der Waals surface area contributed by atoms with Gasteiger partial charge in [-0.2, -0.15) is 5.10 Å². The fraction of sp³-hybridized carbons (Fsp3) is 0.167. The van der Waals surface area contributed by atoms with Gasteiger partial charge in [-0.3, -0.25) is 9.89 Å². The molecule has 0 saturated carbocycles. The lowest BCUT2D eigenvalue weighted by atomic mass is 10.0. The van der Waals surface area contributed by atoms with E-state index in [1.165, 1.54) is 25.3 Å². The predicted molar refractivity (Wildman–Crippen MR) is 72.4 cm³/mol. The normalized spacial score (nSPS) is 12.2. The number of rotatable bonds is 3. The number of benzene rings is 1. The molecule has 1 heterocycles. The van der Waals surface area contributed by atoms with Gasteiger partial charge in [0.1, 0.15) is 5.75 Å². The van der Waals surface area contributed by atoms with E-state index in [1.54, 1.807) is 6.20 Å². The minimum atomic E-state index is -0.623. The van der Waals surface area contributed by atoms with E-state index in [9.17, 15) is 9.90 Å². The minimum absolute atomic E-state index is 0.0469. The summed E-state index contributed by atoms with van der Waals surface area (Å²) in [5.41, 5.74) is 1.00. The molecule has 0 aliphatic heterocycles. The lowest BCUT2D eigenvalue weighted by Gasteiger charge is -2.20. The number of halogens is 2. The summed E-state index contributed by atoms with van der Waals surface area (Å²) < 4.78 is 0. The number of hydrogen-bond acceptors (Lipinski definition) is 3. The second-order valence-corrected chi connectivity index (χ2v) is 4.74. The quantitative estimate of drug-likeness (QED) is 0.815. The number of aromatic hydroxyl groups is 1. The third kappa shape index (κ3) is 2.83. The summed E-state index contributed by atoms with van der Waals surface area (Å²) in [5.74, 6) is -0.309. The highest BCUT2D eigenvalue weighted by Gasteiger charge is 2.23. The average molecular weight is 300 g/mol. The summed E-state index contributed by atoms with van der Waals surface area (Å²) in [6.45, 7) is 1.38. The Hall–Kier alpha value is -1.72. The van der Waals surface area contributed by atoms with Crippen molar-refractivity contribution < 1.29 is 9.90 Å². The highest BCUT2D eigenvalue weighted by atomic mass is 35.5. The van der Waals surface area contributed by atoms with Gasteiger partial charge in [-0.05, 0) is 12.1 Å². The van der Waals surface area contributed by atoms with Gasteiger partial charge in [0.15, 0.2) is 0 Å². The molecule has 0 aliphatic carbocycles. The number of nitrogens with zero attached hydrogens (tertiary/aromatic N) is 1. The number of carbonyl (C=O) groups excluding carboxylic acids is 1. The van der Waals surface area contributed by atoms with E-state index < -0.39 is 6.04 Å². The Morgan fingerprint density at radius 1 is 1.47 bits per heavy atom. The molecule has 100 valence electrons. The molecule has 7 heteroatoms. The van der Waals surface area contributed by atoms with Crippen molar-refractivity contribution in [1.82, 2.24) is 15.5 Å². The van der Waals surface area contributed by atoms with Gasteiger partial charge in [0, 0.05) is 24.2 Å². The second kappa shape index (κ2) is 5.50. The molecule has 0 spiro atoms. The zero-order chi connectivity index (χ0) is 14.0. The molecule has 0 radical (unpaired) electrons. The number of aromatic nitrogens is 2. The molecule has 1 aromatic carbocycles. The van der Waals surface area contributed by atoms with Crippen molar-refractivity contribution >= 4 is 29.1 Å². The topological polar surface area (TPSA) is 78.0 Å². The molecular weight excluding hydrogens is 289 g/mol. The van der Waals surface area contributed by atoms with Crippen LogP contribution in [0.4, 0.5) is 0 Å². The number of hydrogen-bond donors (Lipinski definition) is 3. The van der Waals surface area contributed by atoms with Gasteiger partial charge in [0.05, 0.1) is 22.3 Å². The lowest BCUT2D eigenvalue weighted by molar-refractivity contribution is -0.119. The number of amides is 1. The van der Waals surface area contributed by atoms with Crippen molar-refractivity contribution in [3.05, 3.63) is 45.7 Å². The Labute approximate surface area is 119 Å². The Balaban J connectivity index is 2.56. The maximum absolute atomic E-state index is 11.3. The number of H-pyrrole nitrogens is 1. The number of phenolic OH excluding ortho intramolecular Hbond substituents is 1. The second-order valence-electron chi connectivity index (χ2n) is 3.96. The Morgan fingerprint density at radius 3 is 2.79 bits per heavy atom. The maximum Gasteiger partial charge on any atom is 0.217 e. The molecule has 0 saturated heterocycles. The molecule has 5 nitrogen and oxygen atoms in total. The summed E-state index contributed by atoms with van der Waals surface area (Å²) in [5, 5.41) is 19.6. The summed E-state index contributed by atoms with van der Waals surface area (Å²) in [7, 11) is 0. The van der Waals surface area contributed by atoms with Crippen molar-refractivity contribution in [3.8, 4) is 5.75 Å². The molecular formula is C12H11Cl2N3O2. The van der Waals surface area contributed by atoms with Crippen molar-refractivity contribution in [2.45, 2.75) is 13.0 Å². The fourth-order valence-electron chi connectivity index (χ4n) is 1.77. The van der Waals surface area contributed by atoms with E-state index in [4.69, 9.17) is 23.2 Å². The zero-order valence-electron chi connectivity index (χ0n) is 9.95. The molecule has 1 amide bonds. The standard InChI is InChI=1S/C12H11Cl2N3O2/c1-6(18)17-12(7-4-15-16-5-7)10-9(19)3-2-8(13)11(10)14/h2-5,12,19H,1H3,(H,15,16)(H,17,18). The van der Waals surface area contributed by atoms with Crippen molar-refractivity contribution in [2.75, 3.05) is 0 Å². The van der Waals surface area contributed by atoms with Crippen molar-refractivity contribution in [1.29, 1.82) is 0 Å². The number of nitrogens with one attached hydrogen (secondary N) is 2. The third-order valence-corrected chi connectivity index (χ3v) is 3.42. The van der Waals surface area contributed by atoms with Crippen LogP contribution in [0, 0.1) is 0 Å². The van der Waals surface area contributed by atoms with E-state index in [1.807, 2.05) is 0 Å². The van der Waals surface area contributed by atoms with Crippen LogP contribution in [0.15, 0.2) is 24.5 Å². The largest absolute Gasteiger partial charge is 0.508 e. The third-order valence-electron chi connectivity index (χ3n) is 2.60. The van der Waals surface area contributed by atoms with Crippen LogP contribution in [0.25, 0.3) is 0 Å². The summed E-state index contributed by atoms with van der Waals surface area (Å²) in [6, 6.07) is 2.30. The monoisotopic (exact) mass is 299 g/mol. The SMILES string of the molecule is CC(=O)NC(c1cn[nH]c1)c1c(O)ccc(Cl)c1Cl. The van der Waals surface area contributed by atoms with E-state index in [-0.39, 0.29) is 16.7 Å². The molecule has 0 aliphatic rings. The van der Waals surface area contributed by atoms with E-state index >= 15 is 0 Å². The molecule has 19 heavy (non-hydrogen) atoms. The Bertz CT molecular complexity index is 599. The highest BCUT2D eigenvalue weighted by Crippen LogP contribution is 2.38. The van der Waals surface area contributed by atoms with Gasteiger partial charge in [0.2, 0.25) is 5.91 Å². The predicted octanol–water partition coefficient (Wildman–Crippen LogP) is 2.65. The highest BCUT2D eigenvalue weighted by molar-refractivity contribution is 6.42. The van der Waals surface area contributed by atoms with E-state index in [0.717, 1.165) is 0 Å². The van der Waals surface area contributed by atoms with Crippen molar-refractivity contribution in [3.63, 3.8) is 0 Å². The van der Waals surface area contributed by atoms with Crippen molar-refractivity contribution in [2.24, 2.45) is 0 Å². The minimum Gasteiger partial charge on any atom is -0.508 e. The molecule has 0 bridgehead atoms. The van der Waals surface area contributed by atoms with Crippen LogP contribution in [0.2, 0.25) is 10.0 Å². The van der Waals surface area contributed by atoms with Crippen LogP contribution < -0.4 is 5.32 Å². The van der Waals surface area contributed by atoms with Crippen LogP contribution in [-0.2, 0) is 4.79 Å². The van der Waals surface area contributed by atoms with E-state index in [0.29, 0.717) is 16.1 Å². The molecule has 2 rings (SSSR count). The Kier molecular flexibility index (Phi) is 3.97. The first-order valence-electron chi connectivity index (χ1n) is 5.43. The van der Waals surface area contributed by atoms with Crippen LogP contribution in [0.3, 0.4) is 0 Å². The average Bonchev–Trinajstić information content (AvgIpc) is 2.86. The molecule has 0 fully saturated rings. The van der Waals surface area contributed by atoms with Crippen LogP contribution >= 0.6 is 23.2 Å². The molecule has 1 aromatic heterocycles. The van der Waals surface area contributed by atoms with Gasteiger partial charge in [-0.15, -0.1) is 0 Å². The van der Waals surface area contributed by atoms with Gasteiger partial charge < -0.3 is 10.4 Å². The lowest BCUT2D eigenvalue weighted by Crippen LogP contribution is -2.27. The summed E-state index contributed by atoms with van der Waals surface area (Å²) in [6.07, 6.45) is 3.15. The number of carbonyl (C=O) groups is 1. The van der Waals surface area contributed by atoms with Gasteiger partial charge in [-0.1, -0.05) is 23.2 Å². The number of phenols is 1.